The molecule has 0 heterocycles. The van der Waals surface area contributed by atoms with Crippen molar-refractivity contribution >= 4 is 21.6 Å². The van der Waals surface area contributed by atoms with Gasteiger partial charge >= 0.3 is 0 Å². The third-order valence-corrected chi connectivity index (χ3v) is 4.68. The minimum absolute atomic E-state index is 0.919. The smallest absolute Gasteiger partial charge is 0.0493 e. The van der Waals surface area contributed by atoms with Crippen molar-refractivity contribution in [1.82, 2.24) is 0 Å². The van der Waals surface area contributed by atoms with Crippen LogP contribution in [0.4, 0.5) is 5.69 Å². The predicted molar refractivity (Wildman–Crippen MR) is 79.8 cm³/mol. The molecule has 4 aliphatic rings. The molecule has 0 saturated carbocycles. The minimum Gasteiger partial charge on any atom is -0.398 e. The molecule has 18 heavy (non-hydrogen) atoms. The summed E-state index contributed by atoms with van der Waals surface area (Å²) in [6, 6.07) is 13.4. The van der Waals surface area contributed by atoms with Gasteiger partial charge in [0, 0.05) is 10.2 Å². The monoisotopic (exact) mass is 301 g/mol. The van der Waals surface area contributed by atoms with Crippen LogP contribution in [0.3, 0.4) is 0 Å². The van der Waals surface area contributed by atoms with E-state index in [2.05, 4.69) is 52.3 Å². The van der Waals surface area contributed by atoms with E-state index in [4.69, 9.17) is 5.73 Å². The molecular weight excluding hydrogens is 286 g/mol. The van der Waals surface area contributed by atoms with Crippen molar-refractivity contribution in [2.45, 2.75) is 25.7 Å². The molecule has 2 aromatic carbocycles. The molecule has 2 N–H and O–H groups in total. The molecule has 0 fully saturated rings. The Kier molecular flexibility index (Phi) is 3.13. The molecule has 6 rings (SSSR count). The van der Waals surface area contributed by atoms with Crippen molar-refractivity contribution in [3.8, 4) is 0 Å². The molecule has 1 nitrogen and oxygen atoms in total. The minimum atomic E-state index is 0.919. The van der Waals surface area contributed by atoms with E-state index in [0.29, 0.717) is 0 Å². The average molecular weight is 302 g/mol. The maximum absolute atomic E-state index is 6.21. The van der Waals surface area contributed by atoms with Gasteiger partial charge < -0.3 is 5.73 Å². The Morgan fingerprint density at radius 3 is 1.83 bits per heavy atom. The van der Waals surface area contributed by atoms with Gasteiger partial charge in [-0.3, -0.25) is 0 Å². The second-order valence-corrected chi connectivity index (χ2v) is 5.72. The van der Waals surface area contributed by atoms with Gasteiger partial charge in [-0.05, 0) is 63.9 Å². The van der Waals surface area contributed by atoms with Crippen LogP contribution in [0.1, 0.15) is 22.3 Å². The highest BCUT2D eigenvalue weighted by molar-refractivity contribution is 9.10. The second-order valence-electron chi connectivity index (χ2n) is 4.93. The number of hydrogen-bond donors (Lipinski definition) is 1. The summed E-state index contributed by atoms with van der Waals surface area (Å²) in [6.45, 7) is 0. The van der Waals surface area contributed by atoms with E-state index in [0.717, 1.165) is 35.8 Å². The summed E-state index contributed by atoms with van der Waals surface area (Å²) in [6.07, 6.45) is 4.16. The fraction of sp³-hybridized carbons (Fsp3) is 0.250. The number of halogens is 1. The highest BCUT2D eigenvalue weighted by atomic mass is 79.9. The van der Waals surface area contributed by atoms with Crippen molar-refractivity contribution in [3.05, 3.63) is 63.1 Å². The number of nitrogen functional groups attached to an aromatic ring is 1. The summed E-state index contributed by atoms with van der Waals surface area (Å²) in [7, 11) is 0. The normalized spacial score (nSPS) is 14.3. The van der Waals surface area contributed by atoms with Gasteiger partial charge in [0.05, 0.1) is 0 Å². The molecule has 4 bridgehead atoms. The molecule has 0 aromatic heterocycles. The number of anilines is 1. The third kappa shape index (κ3) is 2.17. The first-order valence-electron chi connectivity index (χ1n) is 6.37. The van der Waals surface area contributed by atoms with Gasteiger partial charge in [-0.2, -0.15) is 0 Å². The molecule has 2 heteroatoms. The Bertz CT molecular complexity index is 520. The Morgan fingerprint density at radius 1 is 0.722 bits per heavy atom. The maximum atomic E-state index is 6.21. The predicted octanol–water partition coefficient (Wildman–Crippen LogP) is 3.92. The fourth-order valence-corrected chi connectivity index (χ4v) is 3.10. The molecule has 0 radical (unpaired) electrons. The molecule has 0 atom stereocenters. The van der Waals surface area contributed by atoms with Crippen molar-refractivity contribution in [3.63, 3.8) is 0 Å². The van der Waals surface area contributed by atoms with E-state index in [1.165, 1.54) is 22.3 Å². The Morgan fingerprint density at radius 2 is 1.22 bits per heavy atom. The van der Waals surface area contributed by atoms with Crippen LogP contribution in [0, 0.1) is 0 Å². The number of rotatable bonds is 0. The lowest BCUT2D eigenvalue weighted by Gasteiger charge is -2.14. The summed E-state index contributed by atoms with van der Waals surface area (Å²) in [5.41, 5.74) is 12.5. The van der Waals surface area contributed by atoms with Crippen LogP contribution in [0.15, 0.2) is 40.9 Å². The van der Waals surface area contributed by atoms with Gasteiger partial charge in [0.2, 0.25) is 0 Å². The van der Waals surface area contributed by atoms with Crippen LogP contribution in [0.2, 0.25) is 0 Å². The lowest BCUT2D eigenvalue weighted by atomic mass is 9.96. The molecule has 0 unspecified atom stereocenters. The molecule has 0 amide bonds. The van der Waals surface area contributed by atoms with Crippen LogP contribution < -0.4 is 5.73 Å². The van der Waals surface area contributed by atoms with Gasteiger partial charge in [0.1, 0.15) is 0 Å². The molecule has 0 aliphatic heterocycles. The molecule has 2 aromatic rings. The average Bonchev–Trinajstić information content (AvgIpc) is 2.38. The van der Waals surface area contributed by atoms with E-state index in [1.54, 1.807) is 0 Å². The number of benzene rings is 2. The third-order valence-electron chi connectivity index (χ3n) is 3.74. The molecule has 4 aliphatic carbocycles. The number of nitrogens with two attached hydrogens (primary N) is 1. The summed E-state index contributed by atoms with van der Waals surface area (Å²) < 4.78 is 1.09. The summed E-state index contributed by atoms with van der Waals surface area (Å²) in [5.74, 6) is 0. The van der Waals surface area contributed by atoms with Crippen molar-refractivity contribution < 1.29 is 0 Å². The van der Waals surface area contributed by atoms with Crippen LogP contribution in [-0.2, 0) is 25.7 Å². The van der Waals surface area contributed by atoms with Crippen LogP contribution in [-0.4, -0.2) is 0 Å². The van der Waals surface area contributed by atoms with Crippen molar-refractivity contribution in [2.75, 3.05) is 5.73 Å². The van der Waals surface area contributed by atoms with Gasteiger partial charge in [0.15, 0.2) is 0 Å². The fourth-order valence-electron chi connectivity index (χ4n) is 2.52. The number of aryl methyl sites for hydroxylation is 4. The highest BCUT2D eigenvalue weighted by Gasteiger charge is 2.10. The van der Waals surface area contributed by atoms with Crippen molar-refractivity contribution in [1.29, 1.82) is 0 Å². The first-order chi connectivity index (χ1) is 8.74. The van der Waals surface area contributed by atoms with Gasteiger partial charge in [0.25, 0.3) is 0 Å². The molecule has 0 spiro atoms. The Hall–Kier alpha value is -1.28. The molecule has 0 saturated heterocycles. The van der Waals surface area contributed by atoms with E-state index in [-0.39, 0.29) is 0 Å². The number of hydrogen-bond acceptors (Lipinski definition) is 1. The zero-order chi connectivity index (χ0) is 12.5. The first kappa shape index (κ1) is 11.8. The highest BCUT2D eigenvalue weighted by Crippen LogP contribution is 2.30. The Labute approximate surface area is 116 Å². The summed E-state index contributed by atoms with van der Waals surface area (Å²) in [5, 5.41) is 0. The van der Waals surface area contributed by atoms with E-state index in [9.17, 15) is 0 Å². The SMILES string of the molecule is Nc1c2ccc(c1Br)CCc1ccc(cc1)CC2. The first-order valence-corrected chi connectivity index (χ1v) is 7.17. The van der Waals surface area contributed by atoms with E-state index >= 15 is 0 Å². The van der Waals surface area contributed by atoms with Crippen LogP contribution >= 0.6 is 15.9 Å². The zero-order valence-electron chi connectivity index (χ0n) is 10.2. The summed E-state index contributed by atoms with van der Waals surface area (Å²) >= 11 is 3.65. The molecule has 92 valence electrons. The standard InChI is InChI=1S/C16H16BrN/c17-15-13-7-5-11-1-3-12(4-2-11)6-8-14(10-9-13)16(15)18/h1-4,9-10H,5-8,18H2. The lowest BCUT2D eigenvalue weighted by Crippen LogP contribution is -2.03. The van der Waals surface area contributed by atoms with E-state index in [1.807, 2.05) is 0 Å². The van der Waals surface area contributed by atoms with E-state index < -0.39 is 0 Å². The summed E-state index contributed by atoms with van der Waals surface area (Å²) in [4.78, 5) is 0. The molecular formula is C16H16BrN. The van der Waals surface area contributed by atoms with Crippen LogP contribution in [0.25, 0.3) is 0 Å². The lowest BCUT2D eigenvalue weighted by molar-refractivity contribution is 0.919. The largest absolute Gasteiger partial charge is 0.398 e. The van der Waals surface area contributed by atoms with Crippen LogP contribution in [0.5, 0.6) is 0 Å². The zero-order valence-corrected chi connectivity index (χ0v) is 11.8. The van der Waals surface area contributed by atoms with Crippen molar-refractivity contribution in [2.24, 2.45) is 0 Å². The van der Waals surface area contributed by atoms with Gasteiger partial charge in [-0.25, -0.2) is 0 Å². The van der Waals surface area contributed by atoms with Gasteiger partial charge in [-0.15, -0.1) is 0 Å². The topological polar surface area (TPSA) is 26.0 Å². The second kappa shape index (κ2) is 4.77. The quantitative estimate of drug-likeness (QED) is 0.734. The Balaban J connectivity index is 2.05. The maximum Gasteiger partial charge on any atom is 0.0493 e. The van der Waals surface area contributed by atoms with Gasteiger partial charge in [-0.1, -0.05) is 36.4 Å².